The molecule has 1 atom stereocenters. The summed E-state index contributed by atoms with van der Waals surface area (Å²) in [6, 6.07) is 9.64. The summed E-state index contributed by atoms with van der Waals surface area (Å²) in [5, 5.41) is 0. The number of hydrogen-bond acceptors (Lipinski definition) is 2. The normalized spacial score (nSPS) is 24.6. The van der Waals surface area contributed by atoms with Crippen molar-refractivity contribution >= 4 is 0 Å². The maximum absolute atomic E-state index is 6.04. The lowest BCUT2D eigenvalue weighted by Gasteiger charge is -2.28. The van der Waals surface area contributed by atoms with E-state index < -0.39 is 0 Å². The van der Waals surface area contributed by atoms with E-state index in [1.807, 2.05) is 0 Å². The van der Waals surface area contributed by atoms with Crippen LogP contribution in [0.2, 0.25) is 0 Å². The highest BCUT2D eigenvalue weighted by Gasteiger charge is 2.33. The van der Waals surface area contributed by atoms with Gasteiger partial charge in [-0.1, -0.05) is 38.1 Å². The standard InChI is InChI=1S/C17H26N2/c1-17(2)9-10-19(12-17)16(11-18)15-7-5-14(6-8-15)13-3-4-13/h5-8,13,16H,3-4,9-12,18H2,1-2H3. The van der Waals surface area contributed by atoms with Gasteiger partial charge in [0, 0.05) is 19.1 Å². The van der Waals surface area contributed by atoms with Crippen LogP contribution in [-0.4, -0.2) is 24.5 Å². The molecule has 1 saturated carbocycles. The van der Waals surface area contributed by atoms with Crippen LogP contribution in [0, 0.1) is 5.41 Å². The lowest BCUT2D eigenvalue weighted by molar-refractivity contribution is 0.223. The summed E-state index contributed by atoms with van der Waals surface area (Å²) >= 11 is 0. The lowest BCUT2D eigenvalue weighted by atomic mass is 9.93. The molecule has 2 heteroatoms. The van der Waals surface area contributed by atoms with Crippen LogP contribution in [0.3, 0.4) is 0 Å². The molecule has 2 fully saturated rings. The molecule has 3 rings (SSSR count). The van der Waals surface area contributed by atoms with Crippen LogP contribution >= 0.6 is 0 Å². The number of likely N-dealkylation sites (tertiary alicyclic amines) is 1. The molecule has 0 bridgehead atoms. The molecule has 0 spiro atoms. The van der Waals surface area contributed by atoms with Gasteiger partial charge in [0.2, 0.25) is 0 Å². The largest absolute Gasteiger partial charge is 0.329 e. The third-order valence-corrected chi connectivity index (χ3v) is 4.74. The third kappa shape index (κ3) is 2.85. The molecule has 1 aliphatic heterocycles. The quantitative estimate of drug-likeness (QED) is 0.898. The van der Waals surface area contributed by atoms with Crippen LogP contribution in [0.25, 0.3) is 0 Å². The minimum Gasteiger partial charge on any atom is -0.329 e. The zero-order valence-electron chi connectivity index (χ0n) is 12.2. The predicted octanol–water partition coefficient (Wildman–Crippen LogP) is 3.30. The Kier molecular flexibility index (Phi) is 3.40. The van der Waals surface area contributed by atoms with E-state index in [0.717, 1.165) is 12.5 Å². The van der Waals surface area contributed by atoms with E-state index in [-0.39, 0.29) is 0 Å². The molecule has 0 amide bonds. The maximum Gasteiger partial charge on any atom is 0.0470 e. The Morgan fingerprint density at radius 1 is 1.26 bits per heavy atom. The monoisotopic (exact) mass is 258 g/mol. The molecule has 0 radical (unpaired) electrons. The van der Waals surface area contributed by atoms with Crippen LogP contribution in [0.4, 0.5) is 0 Å². The molecule has 1 aromatic carbocycles. The van der Waals surface area contributed by atoms with Gasteiger partial charge in [-0.3, -0.25) is 4.90 Å². The molecule has 1 unspecified atom stereocenters. The first-order valence-electron chi connectivity index (χ1n) is 7.63. The second kappa shape index (κ2) is 4.92. The van der Waals surface area contributed by atoms with E-state index >= 15 is 0 Å². The van der Waals surface area contributed by atoms with Crippen molar-refractivity contribution in [1.82, 2.24) is 4.90 Å². The maximum atomic E-state index is 6.04. The van der Waals surface area contributed by atoms with Gasteiger partial charge in [0.05, 0.1) is 0 Å². The Labute approximate surface area is 117 Å². The smallest absolute Gasteiger partial charge is 0.0470 e. The van der Waals surface area contributed by atoms with Crippen molar-refractivity contribution < 1.29 is 0 Å². The van der Waals surface area contributed by atoms with Crippen LogP contribution in [0.5, 0.6) is 0 Å². The van der Waals surface area contributed by atoms with E-state index in [2.05, 4.69) is 43.0 Å². The first-order chi connectivity index (χ1) is 9.09. The molecule has 1 heterocycles. The fourth-order valence-corrected chi connectivity index (χ4v) is 3.32. The molecule has 2 nitrogen and oxygen atoms in total. The Balaban J connectivity index is 1.74. The van der Waals surface area contributed by atoms with E-state index in [0.29, 0.717) is 11.5 Å². The van der Waals surface area contributed by atoms with Crippen molar-refractivity contribution in [2.24, 2.45) is 11.1 Å². The highest BCUT2D eigenvalue weighted by molar-refractivity contribution is 5.30. The first kappa shape index (κ1) is 13.1. The van der Waals surface area contributed by atoms with Gasteiger partial charge in [-0.2, -0.15) is 0 Å². The first-order valence-corrected chi connectivity index (χ1v) is 7.63. The third-order valence-electron chi connectivity index (χ3n) is 4.74. The Bertz CT molecular complexity index is 431. The van der Waals surface area contributed by atoms with E-state index in [4.69, 9.17) is 5.73 Å². The van der Waals surface area contributed by atoms with Gasteiger partial charge in [-0.15, -0.1) is 0 Å². The molecule has 104 valence electrons. The summed E-state index contributed by atoms with van der Waals surface area (Å²) < 4.78 is 0. The van der Waals surface area contributed by atoms with Gasteiger partial charge in [0.15, 0.2) is 0 Å². The van der Waals surface area contributed by atoms with Crippen molar-refractivity contribution in [3.8, 4) is 0 Å². The molecule has 2 N–H and O–H groups in total. The van der Waals surface area contributed by atoms with Crippen molar-refractivity contribution in [2.75, 3.05) is 19.6 Å². The molecule has 19 heavy (non-hydrogen) atoms. The highest BCUT2D eigenvalue weighted by atomic mass is 15.2. The summed E-state index contributed by atoms with van der Waals surface area (Å²) in [6.07, 6.45) is 4.03. The van der Waals surface area contributed by atoms with E-state index in [1.165, 1.54) is 43.5 Å². The van der Waals surface area contributed by atoms with Crippen molar-refractivity contribution in [1.29, 1.82) is 0 Å². The SMILES string of the molecule is CC1(C)CCN(C(CN)c2ccc(C3CC3)cc2)C1. The minimum absolute atomic E-state index is 0.398. The Morgan fingerprint density at radius 3 is 2.42 bits per heavy atom. The summed E-state index contributed by atoms with van der Waals surface area (Å²) in [4.78, 5) is 2.56. The lowest BCUT2D eigenvalue weighted by Crippen LogP contribution is -2.33. The summed E-state index contributed by atoms with van der Waals surface area (Å²) in [6.45, 7) is 7.78. The summed E-state index contributed by atoms with van der Waals surface area (Å²) in [5.74, 6) is 0.844. The minimum atomic E-state index is 0.398. The average Bonchev–Trinajstić information content (AvgIpc) is 3.17. The number of benzene rings is 1. The van der Waals surface area contributed by atoms with Gasteiger partial charge >= 0.3 is 0 Å². The fraction of sp³-hybridized carbons (Fsp3) is 0.647. The van der Waals surface area contributed by atoms with Gasteiger partial charge in [0.1, 0.15) is 0 Å². The predicted molar refractivity (Wildman–Crippen MR) is 80.2 cm³/mol. The molecule has 2 aliphatic rings. The highest BCUT2D eigenvalue weighted by Crippen LogP contribution is 2.40. The second-order valence-corrected chi connectivity index (χ2v) is 7.08. The van der Waals surface area contributed by atoms with Crippen LogP contribution in [0.15, 0.2) is 24.3 Å². The van der Waals surface area contributed by atoms with Crippen molar-refractivity contribution in [3.05, 3.63) is 35.4 Å². The van der Waals surface area contributed by atoms with Crippen LogP contribution < -0.4 is 5.73 Å². The summed E-state index contributed by atoms with van der Waals surface area (Å²) in [7, 11) is 0. The topological polar surface area (TPSA) is 29.3 Å². The van der Waals surface area contributed by atoms with Crippen molar-refractivity contribution in [2.45, 2.75) is 45.1 Å². The van der Waals surface area contributed by atoms with Crippen LogP contribution in [-0.2, 0) is 0 Å². The Morgan fingerprint density at radius 2 is 1.95 bits per heavy atom. The number of nitrogens with two attached hydrogens (primary N) is 1. The molecule has 1 aromatic rings. The average molecular weight is 258 g/mol. The fourth-order valence-electron chi connectivity index (χ4n) is 3.32. The van der Waals surface area contributed by atoms with Gasteiger partial charge in [-0.25, -0.2) is 0 Å². The second-order valence-electron chi connectivity index (χ2n) is 7.08. The molecule has 0 aromatic heterocycles. The van der Waals surface area contributed by atoms with E-state index in [9.17, 15) is 0 Å². The molecule has 1 aliphatic carbocycles. The molecular weight excluding hydrogens is 232 g/mol. The van der Waals surface area contributed by atoms with Gasteiger partial charge in [0.25, 0.3) is 0 Å². The van der Waals surface area contributed by atoms with Crippen LogP contribution in [0.1, 0.15) is 56.2 Å². The summed E-state index contributed by atoms with van der Waals surface area (Å²) in [5.41, 5.74) is 9.40. The zero-order chi connectivity index (χ0) is 13.5. The molecular formula is C17H26N2. The van der Waals surface area contributed by atoms with E-state index in [1.54, 1.807) is 0 Å². The Hall–Kier alpha value is -0.860. The van der Waals surface area contributed by atoms with Gasteiger partial charge in [-0.05, 0) is 48.3 Å². The molecule has 1 saturated heterocycles. The number of hydrogen-bond donors (Lipinski definition) is 1. The van der Waals surface area contributed by atoms with Crippen molar-refractivity contribution in [3.63, 3.8) is 0 Å². The number of nitrogens with zero attached hydrogens (tertiary/aromatic N) is 1. The number of rotatable bonds is 4. The zero-order valence-corrected chi connectivity index (χ0v) is 12.2. The van der Waals surface area contributed by atoms with Gasteiger partial charge < -0.3 is 5.73 Å².